The lowest BCUT2D eigenvalue weighted by Crippen LogP contribution is -2.38. The van der Waals surface area contributed by atoms with Crippen molar-refractivity contribution in [2.75, 3.05) is 27.7 Å². The maximum absolute atomic E-state index is 12.2. The van der Waals surface area contributed by atoms with E-state index >= 15 is 0 Å². The summed E-state index contributed by atoms with van der Waals surface area (Å²) < 4.78 is 27.1. The Labute approximate surface area is 126 Å². The maximum atomic E-state index is 12.2. The van der Waals surface area contributed by atoms with Crippen molar-refractivity contribution in [2.45, 2.75) is 24.4 Å². The Morgan fingerprint density at radius 1 is 1.35 bits per heavy atom. The number of nitrogens with one attached hydrogen (secondary N) is 2. The number of rotatable bonds is 7. The van der Waals surface area contributed by atoms with Crippen LogP contribution in [0.2, 0.25) is 5.02 Å². The zero-order valence-corrected chi connectivity index (χ0v) is 13.8. The molecule has 1 unspecified atom stereocenters. The molecule has 0 aliphatic carbocycles. The molecule has 0 spiro atoms. The first-order valence-corrected chi connectivity index (χ1v) is 8.23. The number of benzene rings is 1. The highest BCUT2D eigenvalue weighted by Crippen LogP contribution is 2.20. The molecule has 2 N–H and O–H groups in total. The number of halogens is 1. The molecular formula is C13H22ClN3O2S. The second kappa shape index (κ2) is 7.38. The van der Waals surface area contributed by atoms with E-state index in [2.05, 4.69) is 10.0 Å². The summed E-state index contributed by atoms with van der Waals surface area (Å²) in [6, 6.07) is 4.85. The lowest BCUT2D eigenvalue weighted by molar-refractivity contribution is 0.314. The Morgan fingerprint density at radius 3 is 2.55 bits per heavy atom. The smallest absolute Gasteiger partial charge is 0.240 e. The molecule has 0 amide bonds. The molecule has 1 aromatic rings. The Bertz CT molecular complexity index is 547. The quantitative estimate of drug-likeness (QED) is 0.795. The van der Waals surface area contributed by atoms with Crippen LogP contribution >= 0.6 is 11.6 Å². The van der Waals surface area contributed by atoms with Gasteiger partial charge in [-0.3, -0.25) is 0 Å². The van der Waals surface area contributed by atoms with E-state index in [1.807, 2.05) is 25.9 Å². The van der Waals surface area contributed by atoms with Crippen LogP contribution in [0.1, 0.15) is 12.5 Å². The van der Waals surface area contributed by atoms with Gasteiger partial charge in [0.2, 0.25) is 10.0 Å². The predicted molar refractivity (Wildman–Crippen MR) is 82.6 cm³/mol. The van der Waals surface area contributed by atoms with Crippen LogP contribution in [0.25, 0.3) is 0 Å². The zero-order chi connectivity index (χ0) is 15.3. The average molecular weight is 320 g/mol. The maximum Gasteiger partial charge on any atom is 0.240 e. The molecule has 5 nitrogen and oxygen atoms in total. The molecule has 1 atom stereocenters. The number of hydrogen-bond acceptors (Lipinski definition) is 4. The first-order chi connectivity index (χ1) is 9.27. The van der Waals surface area contributed by atoms with Crippen molar-refractivity contribution in [3.05, 3.63) is 28.8 Å². The van der Waals surface area contributed by atoms with Gasteiger partial charge in [0.05, 0.1) is 4.90 Å². The summed E-state index contributed by atoms with van der Waals surface area (Å²) in [5, 5.41) is 3.52. The molecule has 0 heterocycles. The van der Waals surface area contributed by atoms with Crippen molar-refractivity contribution in [1.82, 2.24) is 14.9 Å². The van der Waals surface area contributed by atoms with Crippen LogP contribution in [-0.4, -0.2) is 47.0 Å². The second-order valence-corrected chi connectivity index (χ2v) is 7.12. The van der Waals surface area contributed by atoms with E-state index in [-0.39, 0.29) is 10.9 Å². The van der Waals surface area contributed by atoms with Gasteiger partial charge in [-0.1, -0.05) is 11.6 Å². The van der Waals surface area contributed by atoms with Crippen LogP contribution in [-0.2, 0) is 16.6 Å². The number of hydrogen-bond donors (Lipinski definition) is 2. The Balaban J connectivity index is 2.90. The summed E-state index contributed by atoms with van der Waals surface area (Å²) in [6.07, 6.45) is 0. The minimum atomic E-state index is -3.51. The summed E-state index contributed by atoms with van der Waals surface area (Å²) in [5.74, 6) is 0. The number of nitrogens with zero attached hydrogens (tertiary/aromatic N) is 1. The molecular weight excluding hydrogens is 298 g/mol. The lowest BCUT2D eigenvalue weighted by atomic mass is 10.2. The topological polar surface area (TPSA) is 61.4 Å². The SMILES string of the molecule is CNCc1cc(S(=O)(=O)NCC(C)N(C)C)ccc1Cl. The van der Waals surface area contributed by atoms with Gasteiger partial charge in [-0.05, 0) is 51.8 Å². The molecule has 0 fully saturated rings. The fraction of sp³-hybridized carbons (Fsp3) is 0.538. The molecule has 0 aliphatic rings. The fourth-order valence-electron chi connectivity index (χ4n) is 1.54. The standard InChI is InChI=1S/C13H22ClN3O2S/c1-10(17(3)4)8-16-20(18,19)12-5-6-13(14)11(7-12)9-15-2/h5-7,10,15-16H,8-9H2,1-4H3. The Kier molecular flexibility index (Phi) is 6.42. The molecule has 0 saturated carbocycles. The van der Waals surface area contributed by atoms with Gasteiger partial charge in [0.1, 0.15) is 0 Å². The minimum Gasteiger partial charge on any atom is -0.316 e. The van der Waals surface area contributed by atoms with Crippen molar-refractivity contribution in [3.63, 3.8) is 0 Å². The molecule has 0 aromatic heterocycles. The third-order valence-corrected chi connectivity index (χ3v) is 4.93. The summed E-state index contributed by atoms with van der Waals surface area (Å²) in [4.78, 5) is 2.19. The Morgan fingerprint density at radius 2 is 2.00 bits per heavy atom. The molecule has 20 heavy (non-hydrogen) atoms. The first kappa shape index (κ1) is 17.4. The fourth-order valence-corrected chi connectivity index (χ4v) is 2.90. The zero-order valence-electron chi connectivity index (χ0n) is 12.3. The van der Waals surface area contributed by atoms with Gasteiger partial charge in [-0.2, -0.15) is 0 Å². The molecule has 0 radical (unpaired) electrons. The Hall–Kier alpha value is -0.660. The van der Waals surface area contributed by atoms with E-state index in [9.17, 15) is 8.42 Å². The van der Waals surface area contributed by atoms with Crippen molar-refractivity contribution < 1.29 is 8.42 Å². The van der Waals surface area contributed by atoms with Gasteiger partial charge in [0.15, 0.2) is 0 Å². The van der Waals surface area contributed by atoms with Crippen LogP contribution in [0.3, 0.4) is 0 Å². The van der Waals surface area contributed by atoms with Crippen molar-refractivity contribution >= 4 is 21.6 Å². The van der Waals surface area contributed by atoms with Crippen LogP contribution in [0.5, 0.6) is 0 Å². The molecule has 1 aromatic carbocycles. The van der Waals surface area contributed by atoms with Gasteiger partial charge >= 0.3 is 0 Å². The summed E-state index contributed by atoms with van der Waals surface area (Å²) in [7, 11) is 2.09. The van der Waals surface area contributed by atoms with Gasteiger partial charge in [0, 0.05) is 24.2 Å². The van der Waals surface area contributed by atoms with Gasteiger partial charge in [0.25, 0.3) is 0 Å². The van der Waals surface area contributed by atoms with Crippen LogP contribution < -0.4 is 10.0 Å². The number of sulfonamides is 1. The van der Waals surface area contributed by atoms with Crippen molar-refractivity contribution in [1.29, 1.82) is 0 Å². The average Bonchev–Trinajstić information content (AvgIpc) is 2.38. The van der Waals surface area contributed by atoms with Crippen LogP contribution in [0.4, 0.5) is 0 Å². The van der Waals surface area contributed by atoms with Crippen molar-refractivity contribution in [2.24, 2.45) is 0 Å². The third-order valence-electron chi connectivity index (χ3n) is 3.15. The van der Waals surface area contributed by atoms with Crippen molar-refractivity contribution in [3.8, 4) is 0 Å². The van der Waals surface area contributed by atoms with Crippen LogP contribution in [0.15, 0.2) is 23.1 Å². The minimum absolute atomic E-state index is 0.119. The normalized spacial score (nSPS) is 13.7. The summed E-state index contributed by atoms with van der Waals surface area (Å²) >= 11 is 6.03. The van der Waals surface area contributed by atoms with Gasteiger partial charge in [-0.25, -0.2) is 13.1 Å². The number of likely N-dealkylation sites (N-methyl/N-ethyl adjacent to an activating group) is 1. The molecule has 114 valence electrons. The monoisotopic (exact) mass is 319 g/mol. The molecule has 0 saturated heterocycles. The van der Waals surface area contributed by atoms with E-state index in [1.54, 1.807) is 19.2 Å². The highest BCUT2D eigenvalue weighted by molar-refractivity contribution is 7.89. The van der Waals surface area contributed by atoms with E-state index in [1.165, 1.54) is 6.07 Å². The lowest BCUT2D eigenvalue weighted by Gasteiger charge is -2.20. The molecule has 0 bridgehead atoms. The van der Waals surface area contributed by atoms with E-state index < -0.39 is 10.0 Å². The second-order valence-electron chi connectivity index (χ2n) is 4.95. The predicted octanol–water partition coefficient (Wildman–Crippen LogP) is 1.29. The highest BCUT2D eigenvalue weighted by Gasteiger charge is 2.17. The third kappa shape index (κ3) is 4.71. The van der Waals surface area contributed by atoms with E-state index in [4.69, 9.17) is 11.6 Å². The van der Waals surface area contributed by atoms with E-state index in [0.29, 0.717) is 18.1 Å². The molecule has 0 aliphatic heterocycles. The van der Waals surface area contributed by atoms with E-state index in [0.717, 1.165) is 5.56 Å². The molecule has 7 heteroatoms. The van der Waals surface area contributed by atoms with Gasteiger partial charge in [-0.15, -0.1) is 0 Å². The first-order valence-electron chi connectivity index (χ1n) is 6.37. The summed E-state index contributed by atoms with van der Waals surface area (Å²) in [5.41, 5.74) is 0.762. The van der Waals surface area contributed by atoms with Crippen LogP contribution in [0, 0.1) is 0 Å². The highest BCUT2D eigenvalue weighted by atomic mass is 35.5. The van der Waals surface area contributed by atoms with Gasteiger partial charge < -0.3 is 10.2 Å². The summed E-state index contributed by atoms with van der Waals surface area (Å²) in [6.45, 7) is 2.84. The molecule has 1 rings (SSSR count). The largest absolute Gasteiger partial charge is 0.316 e.